The van der Waals surface area contributed by atoms with Gasteiger partial charge in [0.25, 0.3) is 0 Å². The molecule has 1 aliphatic rings. The zero-order valence-corrected chi connectivity index (χ0v) is 8.73. The molecule has 0 aliphatic heterocycles. The van der Waals surface area contributed by atoms with Gasteiger partial charge in [-0.1, -0.05) is 6.92 Å². The van der Waals surface area contributed by atoms with Crippen molar-refractivity contribution in [2.24, 2.45) is 0 Å². The van der Waals surface area contributed by atoms with Gasteiger partial charge in [0.2, 0.25) is 11.9 Å². The predicted molar refractivity (Wildman–Crippen MR) is 55.3 cm³/mol. The highest BCUT2D eigenvalue weighted by atomic mass is 16.2. The standard InChI is InChI=1S/C9H15N5O/c1-2-14(7-3-4-7)5-8(15)12-9-10-6-11-13-9/h6-7H,2-5H2,1H3,(H2,10,11,12,13,15). The minimum Gasteiger partial charge on any atom is -0.294 e. The smallest absolute Gasteiger partial charge is 0.240 e. The molecule has 0 spiro atoms. The third kappa shape index (κ3) is 2.76. The number of amides is 1. The van der Waals surface area contributed by atoms with E-state index in [4.69, 9.17) is 0 Å². The largest absolute Gasteiger partial charge is 0.294 e. The van der Waals surface area contributed by atoms with Gasteiger partial charge >= 0.3 is 0 Å². The van der Waals surface area contributed by atoms with Crippen LogP contribution in [0.2, 0.25) is 0 Å². The SMILES string of the molecule is CCN(CC(=O)Nc1ncn[nH]1)C1CC1. The molecule has 6 nitrogen and oxygen atoms in total. The average molecular weight is 209 g/mol. The molecule has 82 valence electrons. The van der Waals surface area contributed by atoms with E-state index in [0.29, 0.717) is 18.5 Å². The summed E-state index contributed by atoms with van der Waals surface area (Å²) in [5.74, 6) is 0.368. The molecule has 6 heteroatoms. The second-order valence-electron chi connectivity index (χ2n) is 3.68. The Bertz CT molecular complexity index is 319. The van der Waals surface area contributed by atoms with Crippen molar-refractivity contribution < 1.29 is 4.79 Å². The summed E-state index contributed by atoms with van der Waals surface area (Å²) in [5, 5.41) is 8.91. The molecule has 1 aliphatic carbocycles. The van der Waals surface area contributed by atoms with Crippen molar-refractivity contribution >= 4 is 11.9 Å². The van der Waals surface area contributed by atoms with Crippen LogP contribution in [0.25, 0.3) is 0 Å². The molecule has 0 atom stereocenters. The summed E-state index contributed by atoms with van der Waals surface area (Å²) in [4.78, 5) is 17.6. The molecule has 1 aromatic rings. The Labute approximate surface area is 88.1 Å². The predicted octanol–water partition coefficient (Wildman–Crippen LogP) is 0.227. The van der Waals surface area contributed by atoms with E-state index in [-0.39, 0.29) is 5.91 Å². The van der Waals surface area contributed by atoms with Crippen LogP contribution in [-0.2, 0) is 4.79 Å². The van der Waals surface area contributed by atoms with Gasteiger partial charge in [-0.2, -0.15) is 10.1 Å². The van der Waals surface area contributed by atoms with Crippen LogP contribution >= 0.6 is 0 Å². The van der Waals surface area contributed by atoms with Gasteiger partial charge in [-0.25, -0.2) is 5.10 Å². The van der Waals surface area contributed by atoms with Crippen LogP contribution < -0.4 is 5.32 Å². The quantitative estimate of drug-likeness (QED) is 0.728. The second-order valence-corrected chi connectivity index (χ2v) is 3.68. The molecule has 0 bridgehead atoms. The molecule has 2 rings (SSSR count). The summed E-state index contributed by atoms with van der Waals surface area (Å²) in [5.41, 5.74) is 0. The zero-order valence-electron chi connectivity index (χ0n) is 8.73. The molecule has 1 aromatic heterocycles. The topological polar surface area (TPSA) is 73.9 Å². The number of anilines is 1. The van der Waals surface area contributed by atoms with Crippen LogP contribution in [0, 0.1) is 0 Å². The third-order valence-electron chi connectivity index (χ3n) is 2.49. The number of aromatic nitrogens is 3. The summed E-state index contributed by atoms with van der Waals surface area (Å²) in [6.45, 7) is 3.41. The summed E-state index contributed by atoms with van der Waals surface area (Å²) >= 11 is 0. The summed E-state index contributed by atoms with van der Waals surface area (Å²) in [7, 11) is 0. The van der Waals surface area contributed by atoms with E-state index in [1.807, 2.05) is 0 Å². The highest BCUT2D eigenvalue weighted by molar-refractivity contribution is 5.90. The number of nitrogens with zero attached hydrogens (tertiary/aromatic N) is 3. The Kier molecular flexibility index (Phi) is 2.96. The van der Waals surface area contributed by atoms with E-state index in [1.54, 1.807) is 0 Å². The lowest BCUT2D eigenvalue weighted by Gasteiger charge is -2.18. The lowest BCUT2D eigenvalue weighted by molar-refractivity contribution is -0.117. The molecule has 1 amide bonds. The van der Waals surface area contributed by atoms with Crippen LogP contribution in [0.15, 0.2) is 6.33 Å². The monoisotopic (exact) mass is 209 g/mol. The number of likely N-dealkylation sites (N-methyl/N-ethyl adjacent to an activating group) is 1. The Morgan fingerprint density at radius 2 is 2.53 bits per heavy atom. The van der Waals surface area contributed by atoms with Crippen LogP contribution in [0.3, 0.4) is 0 Å². The molecule has 0 unspecified atom stereocenters. The van der Waals surface area contributed by atoms with E-state index in [1.165, 1.54) is 19.2 Å². The van der Waals surface area contributed by atoms with E-state index in [2.05, 4.69) is 32.3 Å². The normalized spacial score (nSPS) is 15.6. The minimum atomic E-state index is -0.0412. The minimum absolute atomic E-state index is 0.0412. The number of H-pyrrole nitrogens is 1. The van der Waals surface area contributed by atoms with Crippen molar-refractivity contribution in [1.29, 1.82) is 0 Å². The molecular weight excluding hydrogens is 194 g/mol. The molecule has 0 radical (unpaired) electrons. The Morgan fingerprint density at radius 1 is 1.73 bits per heavy atom. The highest BCUT2D eigenvalue weighted by Crippen LogP contribution is 2.26. The maximum absolute atomic E-state index is 11.6. The van der Waals surface area contributed by atoms with Gasteiger partial charge in [-0.05, 0) is 19.4 Å². The Balaban J connectivity index is 1.80. The lowest BCUT2D eigenvalue weighted by Crippen LogP contribution is -2.34. The van der Waals surface area contributed by atoms with Gasteiger partial charge in [0.05, 0.1) is 6.54 Å². The van der Waals surface area contributed by atoms with Crippen molar-refractivity contribution in [3.8, 4) is 0 Å². The second kappa shape index (κ2) is 4.39. The maximum Gasteiger partial charge on any atom is 0.240 e. The first-order valence-corrected chi connectivity index (χ1v) is 5.19. The van der Waals surface area contributed by atoms with Crippen LogP contribution in [-0.4, -0.2) is 45.1 Å². The first-order valence-electron chi connectivity index (χ1n) is 5.19. The first-order chi connectivity index (χ1) is 7.29. The lowest BCUT2D eigenvalue weighted by atomic mass is 10.4. The van der Waals surface area contributed by atoms with Gasteiger partial charge in [0, 0.05) is 6.04 Å². The van der Waals surface area contributed by atoms with E-state index in [0.717, 1.165) is 6.54 Å². The molecule has 1 saturated carbocycles. The molecule has 2 N–H and O–H groups in total. The van der Waals surface area contributed by atoms with E-state index >= 15 is 0 Å². The molecule has 0 saturated heterocycles. The highest BCUT2D eigenvalue weighted by Gasteiger charge is 2.28. The number of aromatic amines is 1. The fraction of sp³-hybridized carbons (Fsp3) is 0.667. The molecular formula is C9H15N5O. The van der Waals surface area contributed by atoms with Crippen molar-refractivity contribution in [1.82, 2.24) is 20.1 Å². The van der Waals surface area contributed by atoms with E-state index in [9.17, 15) is 4.79 Å². The number of carbonyl (C=O) groups is 1. The first kappa shape index (κ1) is 10.1. The van der Waals surface area contributed by atoms with Crippen LogP contribution in [0.1, 0.15) is 19.8 Å². The van der Waals surface area contributed by atoms with Crippen molar-refractivity contribution in [3.63, 3.8) is 0 Å². The van der Waals surface area contributed by atoms with Gasteiger partial charge in [-0.3, -0.25) is 15.0 Å². The summed E-state index contributed by atoms with van der Waals surface area (Å²) in [6, 6.07) is 0.607. The van der Waals surface area contributed by atoms with Crippen molar-refractivity contribution in [2.75, 3.05) is 18.4 Å². The maximum atomic E-state index is 11.6. The van der Waals surface area contributed by atoms with Crippen LogP contribution in [0.5, 0.6) is 0 Å². The summed E-state index contributed by atoms with van der Waals surface area (Å²) in [6.07, 6.45) is 3.79. The third-order valence-corrected chi connectivity index (χ3v) is 2.49. The van der Waals surface area contributed by atoms with Gasteiger partial charge in [0.1, 0.15) is 6.33 Å². The fourth-order valence-corrected chi connectivity index (χ4v) is 1.56. The summed E-state index contributed by atoms with van der Waals surface area (Å²) < 4.78 is 0. The molecule has 1 fully saturated rings. The fourth-order valence-electron chi connectivity index (χ4n) is 1.56. The van der Waals surface area contributed by atoms with Gasteiger partial charge in [-0.15, -0.1) is 0 Å². The van der Waals surface area contributed by atoms with Gasteiger partial charge in [0.15, 0.2) is 0 Å². The number of rotatable bonds is 5. The number of nitrogens with one attached hydrogen (secondary N) is 2. The van der Waals surface area contributed by atoms with Crippen LogP contribution in [0.4, 0.5) is 5.95 Å². The van der Waals surface area contributed by atoms with E-state index < -0.39 is 0 Å². The Morgan fingerprint density at radius 3 is 3.07 bits per heavy atom. The van der Waals surface area contributed by atoms with Crippen molar-refractivity contribution in [3.05, 3.63) is 6.33 Å². The van der Waals surface area contributed by atoms with Gasteiger partial charge < -0.3 is 0 Å². The average Bonchev–Trinajstić information content (AvgIpc) is 2.95. The van der Waals surface area contributed by atoms with Crippen molar-refractivity contribution in [2.45, 2.75) is 25.8 Å². The number of hydrogen-bond acceptors (Lipinski definition) is 4. The number of carbonyl (C=O) groups excluding carboxylic acids is 1. The molecule has 15 heavy (non-hydrogen) atoms. The Hall–Kier alpha value is -1.43. The molecule has 1 heterocycles. The zero-order chi connectivity index (χ0) is 10.7. The number of hydrogen-bond donors (Lipinski definition) is 2. The molecule has 0 aromatic carbocycles.